The first-order valence-corrected chi connectivity index (χ1v) is 8.62. The zero-order valence-electron chi connectivity index (χ0n) is 14.5. The van der Waals surface area contributed by atoms with Gasteiger partial charge in [-0.2, -0.15) is 0 Å². The Balaban J connectivity index is 1.50. The van der Waals surface area contributed by atoms with Gasteiger partial charge in [0.1, 0.15) is 6.54 Å². The molecule has 2 N–H and O–H groups in total. The van der Waals surface area contributed by atoms with Crippen LogP contribution in [0.3, 0.4) is 0 Å². The first-order valence-electron chi connectivity index (χ1n) is 8.62. The molecule has 142 valence electrons. The summed E-state index contributed by atoms with van der Waals surface area (Å²) in [5.41, 5.74) is 0.624. The molecule has 1 saturated heterocycles. The molecule has 1 saturated carbocycles. The lowest BCUT2D eigenvalue weighted by Gasteiger charge is -2.13. The van der Waals surface area contributed by atoms with Gasteiger partial charge in [0, 0.05) is 18.9 Å². The molecule has 2 aliphatic rings. The van der Waals surface area contributed by atoms with E-state index in [-0.39, 0.29) is 24.8 Å². The van der Waals surface area contributed by atoms with Gasteiger partial charge in [-0.3, -0.25) is 28.9 Å². The average Bonchev–Trinajstić information content (AvgIpc) is 3.41. The van der Waals surface area contributed by atoms with Crippen molar-refractivity contribution in [2.75, 3.05) is 18.5 Å². The smallest absolute Gasteiger partial charge is 0.326 e. The van der Waals surface area contributed by atoms with Gasteiger partial charge >= 0.3 is 5.97 Å². The Morgan fingerprint density at radius 3 is 2.41 bits per heavy atom. The molecule has 0 unspecified atom stereocenters. The zero-order chi connectivity index (χ0) is 19.4. The molecule has 9 heteroatoms. The Morgan fingerprint density at radius 1 is 1.07 bits per heavy atom. The van der Waals surface area contributed by atoms with E-state index in [0.29, 0.717) is 11.3 Å². The van der Waals surface area contributed by atoms with Crippen LogP contribution in [0.1, 0.15) is 36.0 Å². The van der Waals surface area contributed by atoms with Crippen molar-refractivity contribution in [3.8, 4) is 0 Å². The number of hydrogen-bond donors (Lipinski definition) is 2. The number of likely N-dealkylation sites (tertiary alicyclic amines) is 1. The van der Waals surface area contributed by atoms with Crippen LogP contribution >= 0.6 is 0 Å². The van der Waals surface area contributed by atoms with E-state index in [0.717, 1.165) is 17.7 Å². The highest BCUT2D eigenvalue weighted by Gasteiger charge is 2.31. The van der Waals surface area contributed by atoms with Crippen LogP contribution in [0, 0.1) is 0 Å². The van der Waals surface area contributed by atoms with Crippen molar-refractivity contribution in [1.29, 1.82) is 0 Å². The van der Waals surface area contributed by atoms with E-state index in [1.165, 1.54) is 0 Å². The summed E-state index contributed by atoms with van der Waals surface area (Å²) in [4.78, 5) is 59.7. The van der Waals surface area contributed by atoms with Gasteiger partial charge in [-0.1, -0.05) is 12.1 Å². The molecule has 0 spiro atoms. The summed E-state index contributed by atoms with van der Waals surface area (Å²) in [6.07, 6.45) is 2.04. The molecule has 1 heterocycles. The van der Waals surface area contributed by atoms with Crippen LogP contribution in [0.15, 0.2) is 24.3 Å². The Labute approximate surface area is 155 Å². The maximum absolute atomic E-state index is 12.2. The molecule has 0 bridgehead atoms. The van der Waals surface area contributed by atoms with Gasteiger partial charge in [-0.15, -0.1) is 0 Å². The number of imide groups is 1. The fourth-order valence-corrected chi connectivity index (χ4v) is 2.59. The first kappa shape index (κ1) is 18.6. The maximum Gasteiger partial charge on any atom is 0.326 e. The topological polar surface area (TPSA) is 122 Å². The summed E-state index contributed by atoms with van der Waals surface area (Å²) < 4.78 is 4.81. The van der Waals surface area contributed by atoms with Crippen molar-refractivity contribution in [3.63, 3.8) is 0 Å². The molecule has 3 rings (SSSR count). The number of ether oxygens (including phenoxy) is 1. The predicted molar refractivity (Wildman–Crippen MR) is 92.5 cm³/mol. The standard InChI is InChI=1S/C18H19N3O6/c22-14(10-27-17(25)9-21-15(23)7-8-16(21)24)20-13-4-2-1-3-12(13)18(26)19-11-5-6-11/h1-4,11H,5-10H2,(H,19,26)(H,20,22). The van der Waals surface area contributed by atoms with Crippen molar-refractivity contribution in [1.82, 2.24) is 10.2 Å². The number of rotatable bonds is 7. The Hall–Kier alpha value is -3.23. The second kappa shape index (κ2) is 7.98. The zero-order valence-corrected chi connectivity index (χ0v) is 14.5. The van der Waals surface area contributed by atoms with E-state index in [1.54, 1.807) is 24.3 Å². The van der Waals surface area contributed by atoms with E-state index >= 15 is 0 Å². The van der Waals surface area contributed by atoms with Crippen molar-refractivity contribution < 1.29 is 28.7 Å². The highest BCUT2D eigenvalue weighted by molar-refractivity contribution is 6.05. The van der Waals surface area contributed by atoms with Crippen LogP contribution < -0.4 is 10.6 Å². The largest absolute Gasteiger partial charge is 0.454 e. The molecular weight excluding hydrogens is 354 g/mol. The number of anilines is 1. The number of carbonyl (C=O) groups excluding carboxylic acids is 5. The number of amides is 4. The second-order valence-electron chi connectivity index (χ2n) is 6.38. The molecule has 1 aromatic carbocycles. The first-order chi connectivity index (χ1) is 12.9. The lowest BCUT2D eigenvalue weighted by Crippen LogP contribution is -2.36. The molecule has 0 radical (unpaired) electrons. The number of nitrogens with zero attached hydrogens (tertiary/aromatic N) is 1. The summed E-state index contributed by atoms with van der Waals surface area (Å²) in [6, 6.07) is 6.69. The van der Waals surface area contributed by atoms with Crippen LogP contribution in [0.4, 0.5) is 5.69 Å². The van der Waals surface area contributed by atoms with Crippen LogP contribution in [0.25, 0.3) is 0 Å². The number of benzene rings is 1. The van der Waals surface area contributed by atoms with Crippen LogP contribution in [-0.2, 0) is 23.9 Å². The summed E-state index contributed by atoms with van der Waals surface area (Å²) in [7, 11) is 0. The molecule has 4 amide bonds. The van der Waals surface area contributed by atoms with E-state index in [2.05, 4.69) is 10.6 Å². The van der Waals surface area contributed by atoms with Gasteiger partial charge < -0.3 is 15.4 Å². The minimum Gasteiger partial charge on any atom is -0.454 e. The summed E-state index contributed by atoms with van der Waals surface area (Å²) in [5, 5.41) is 5.36. The molecule has 9 nitrogen and oxygen atoms in total. The maximum atomic E-state index is 12.2. The minimum absolute atomic E-state index is 0.0757. The van der Waals surface area contributed by atoms with Gasteiger partial charge in [0.05, 0.1) is 11.3 Å². The average molecular weight is 373 g/mol. The Kier molecular flexibility index (Phi) is 5.49. The monoisotopic (exact) mass is 373 g/mol. The molecule has 1 aliphatic carbocycles. The van der Waals surface area contributed by atoms with Crippen molar-refractivity contribution in [2.45, 2.75) is 31.7 Å². The minimum atomic E-state index is -0.853. The van der Waals surface area contributed by atoms with E-state index in [9.17, 15) is 24.0 Å². The molecule has 0 atom stereocenters. The van der Waals surface area contributed by atoms with Gasteiger partial charge in [0.2, 0.25) is 11.8 Å². The van der Waals surface area contributed by atoms with Crippen LogP contribution in [0.5, 0.6) is 0 Å². The highest BCUT2D eigenvalue weighted by atomic mass is 16.5. The third-order valence-electron chi connectivity index (χ3n) is 4.16. The van der Waals surface area contributed by atoms with Gasteiger partial charge in [0.25, 0.3) is 11.8 Å². The van der Waals surface area contributed by atoms with Gasteiger partial charge in [-0.25, -0.2) is 0 Å². The Morgan fingerprint density at radius 2 is 1.74 bits per heavy atom. The molecule has 1 aliphatic heterocycles. The molecule has 2 fully saturated rings. The van der Waals surface area contributed by atoms with Crippen molar-refractivity contribution in [2.24, 2.45) is 0 Å². The van der Waals surface area contributed by atoms with Crippen LogP contribution in [-0.4, -0.2) is 53.7 Å². The fourth-order valence-electron chi connectivity index (χ4n) is 2.59. The summed E-state index contributed by atoms with van der Waals surface area (Å²) >= 11 is 0. The lowest BCUT2D eigenvalue weighted by molar-refractivity contribution is -0.153. The number of hydrogen-bond acceptors (Lipinski definition) is 6. The number of nitrogens with one attached hydrogen (secondary N) is 2. The normalized spacial score (nSPS) is 16.2. The summed E-state index contributed by atoms with van der Waals surface area (Å²) in [5.74, 6) is -2.63. The van der Waals surface area contributed by atoms with Gasteiger partial charge in [-0.05, 0) is 25.0 Å². The quantitative estimate of drug-likeness (QED) is 0.520. The van der Waals surface area contributed by atoms with Crippen molar-refractivity contribution >= 4 is 35.3 Å². The molecule has 1 aromatic rings. The lowest BCUT2D eigenvalue weighted by atomic mass is 10.1. The number of para-hydroxylation sites is 1. The highest BCUT2D eigenvalue weighted by Crippen LogP contribution is 2.21. The number of esters is 1. The number of carbonyl (C=O) groups is 5. The second-order valence-corrected chi connectivity index (χ2v) is 6.38. The molecule has 0 aromatic heterocycles. The fraction of sp³-hybridized carbons (Fsp3) is 0.389. The van der Waals surface area contributed by atoms with E-state index in [4.69, 9.17) is 4.74 Å². The van der Waals surface area contributed by atoms with E-state index < -0.39 is 36.8 Å². The predicted octanol–water partition coefficient (Wildman–Crippen LogP) is 0.209. The van der Waals surface area contributed by atoms with Gasteiger partial charge in [0.15, 0.2) is 6.61 Å². The third kappa shape index (κ3) is 4.90. The molecular formula is C18H19N3O6. The Bertz CT molecular complexity index is 786. The van der Waals surface area contributed by atoms with Crippen molar-refractivity contribution in [3.05, 3.63) is 29.8 Å². The van der Waals surface area contributed by atoms with Crippen LogP contribution in [0.2, 0.25) is 0 Å². The third-order valence-corrected chi connectivity index (χ3v) is 4.16. The summed E-state index contributed by atoms with van der Waals surface area (Å²) in [6.45, 7) is -1.10. The van der Waals surface area contributed by atoms with E-state index in [1.807, 2.05) is 0 Å². The SMILES string of the molecule is O=C(COC(=O)CN1C(=O)CCC1=O)Nc1ccccc1C(=O)NC1CC1. The molecule has 27 heavy (non-hydrogen) atoms.